The minimum atomic E-state index is -3.59. The lowest BCUT2D eigenvalue weighted by atomic mass is 9.72. The summed E-state index contributed by atoms with van der Waals surface area (Å²) in [5.74, 6) is 0.744. The van der Waals surface area contributed by atoms with Crippen molar-refractivity contribution in [2.24, 2.45) is 0 Å². The number of aryl methyl sites for hydroxylation is 1. The van der Waals surface area contributed by atoms with E-state index >= 15 is 0 Å². The van der Waals surface area contributed by atoms with E-state index in [0.717, 1.165) is 21.3 Å². The van der Waals surface area contributed by atoms with Crippen LogP contribution in [0.3, 0.4) is 0 Å². The van der Waals surface area contributed by atoms with Crippen molar-refractivity contribution >= 4 is 26.0 Å². The Labute approximate surface area is 174 Å². The van der Waals surface area contributed by atoms with Gasteiger partial charge in [0.15, 0.2) is 0 Å². The van der Waals surface area contributed by atoms with Crippen molar-refractivity contribution in [1.29, 1.82) is 0 Å². The third-order valence-corrected chi connectivity index (χ3v) is 8.25. The molecule has 1 aliphatic carbocycles. The second-order valence-electron chi connectivity index (χ2n) is 7.26. The first-order valence-corrected chi connectivity index (χ1v) is 11.4. The van der Waals surface area contributed by atoms with Crippen molar-refractivity contribution in [2.75, 3.05) is 13.7 Å². The van der Waals surface area contributed by atoms with Crippen LogP contribution in [0.5, 0.6) is 5.75 Å². The summed E-state index contributed by atoms with van der Waals surface area (Å²) in [6, 6.07) is 12.8. The molecule has 146 valence electrons. The number of hydrogen-bond acceptors (Lipinski definition) is 3. The Hall–Kier alpha value is -1.89. The monoisotopic (exact) mass is 459 g/mol. The number of allylic oxidation sites excluding steroid dienone is 2. The number of methoxy groups -OCH3 is 1. The first-order valence-electron chi connectivity index (χ1n) is 9.17. The maximum atomic E-state index is 13.4. The van der Waals surface area contributed by atoms with E-state index in [4.69, 9.17) is 4.74 Å². The molecule has 1 saturated heterocycles. The van der Waals surface area contributed by atoms with Crippen molar-refractivity contribution in [3.63, 3.8) is 0 Å². The van der Waals surface area contributed by atoms with Crippen LogP contribution in [0.2, 0.25) is 0 Å². The van der Waals surface area contributed by atoms with Crippen LogP contribution in [0.25, 0.3) is 0 Å². The smallest absolute Gasteiger partial charge is 0.243 e. The fraction of sp³-hybridized carbons (Fsp3) is 0.273. The highest BCUT2D eigenvalue weighted by Crippen LogP contribution is 2.47. The summed E-state index contributed by atoms with van der Waals surface area (Å²) in [5.41, 5.74) is 1.69. The summed E-state index contributed by atoms with van der Waals surface area (Å²) in [5, 5.41) is 0. The molecule has 0 radical (unpaired) electrons. The number of sulfonamides is 1. The lowest BCUT2D eigenvalue weighted by Gasteiger charge is -2.36. The van der Waals surface area contributed by atoms with Gasteiger partial charge in [0.2, 0.25) is 10.0 Å². The Bertz CT molecular complexity index is 1060. The van der Waals surface area contributed by atoms with Gasteiger partial charge in [0.1, 0.15) is 5.75 Å². The molecule has 1 aliphatic heterocycles. The van der Waals surface area contributed by atoms with Gasteiger partial charge < -0.3 is 4.74 Å². The van der Waals surface area contributed by atoms with Crippen LogP contribution < -0.4 is 4.74 Å². The molecule has 0 amide bonds. The standard InChI is InChI=1S/C22H22BrNO3S/c1-16-6-9-18(10-7-16)28(25,26)24-14-13-22(12-4-3-5-21(22)24)17-8-11-19(23)20(15-17)27-2/h3-12,15,21H,13-14H2,1-2H3/t21-,22-/m1/s1. The Kier molecular flexibility index (Phi) is 4.98. The zero-order valence-electron chi connectivity index (χ0n) is 15.8. The Morgan fingerprint density at radius 3 is 2.61 bits per heavy atom. The molecule has 2 aromatic carbocycles. The molecular formula is C22H22BrNO3S. The van der Waals surface area contributed by atoms with Crippen LogP contribution in [0.1, 0.15) is 17.5 Å². The highest BCUT2D eigenvalue weighted by Gasteiger charge is 2.50. The first kappa shape index (κ1) is 19.4. The third-order valence-electron chi connectivity index (χ3n) is 5.70. The first-order chi connectivity index (χ1) is 13.4. The molecule has 28 heavy (non-hydrogen) atoms. The van der Waals surface area contributed by atoms with Crippen LogP contribution in [0.4, 0.5) is 0 Å². The lowest BCUT2D eigenvalue weighted by molar-refractivity contribution is 0.383. The maximum absolute atomic E-state index is 13.4. The van der Waals surface area contributed by atoms with Gasteiger partial charge in [-0.25, -0.2) is 8.42 Å². The van der Waals surface area contributed by atoms with Crippen molar-refractivity contribution in [1.82, 2.24) is 4.31 Å². The second kappa shape index (κ2) is 7.17. The summed E-state index contributed by atoms with van der Waals surface area (Å²) in [6.45, 7) is 2.42. The second-order valence-corrected chi connectivity index (χ2v) is 10.0. The summed E-state index contributed by atoms with van der Waals surface area (Å²) in [4.78, 5) is 0.338. The number of halogens is 1. The topological polar surface area (TPSA) is 46.6 Å². The Balaban J connectivity index is 1.78. The normalized spacial score (nSPS) is 24.3. The number of benzene rings is 2. The molecule has 0 unspecified atom stereocenters. The van der Waals surface area contributed by atoms with Crippen LogP contribution in [0.15, 0.2) is 76.1 Å². The highest BCUT2D eigenvalue weighted by atomic mass is 79.9. The molecule has 0 aromatic heterocycles. The van der Waals surface area contributed by atoms with Crippen LogP contribution >= 0.6 is 15.9 Å². The van der Waals surface area contributed by atoms with Gasteiger partial charge in [-0.2, -0.15) is 4.31 Å². The number of ether oxygens (including phenoxy) is 1. The summed E-state index contributed by atoms with van der Waals surface area (Å²) >= 11 is 3.50. The van der Waals surface area contributed by atoms with Gasteiger partial charge in [-0.1, -0.05) is 48.1 Å². The fourth-order valence-corrected chi connectivity index (χ4v) is 6.21. The van der Waals surface area contributed by atoms with Gasteiger partial charge in [0.25, 0.3) is 0 Å². The van der Waals surface area contributed by atoms with Gasteiger partial charge in [-0.05, 0) is 59.1 Å². The van der Waals surface area contributed by atoms with E-state index in [1.807, 2.05) is 55.5 Å². The van der Waals surface area contributed by atoms with E-state index in [2.05, 4.69) is 22.0 Å². The average molecular weight is 460 g/mol. The van der Waals surface area contributed by atoms with E-state index in [0.29, 0.717) is 17.9 Å². The van der Waals surface area contributed by atoms with Gasteiger partial charge >= 0.3 is 0 Å². The van der Waals surface area contributed by atoms with Gasteiger partial charge in [0, 0.05) is 12.0 Å². The summed E-state index contributed by atoms with van der Waals surface area (Å²) in [6.07, 6.45) is 8.78. The molecule has 0 spiro atoms. The fourth-order valence-electron chi connectivity index (χ4n) is 4.16. The molecule has 4 rings (SSSR count). The maximum Gasteiger partial charge on any atom is 0.243 e. The number of nitrogens with zero attached hydrogens (tertiary/aromatic N) is 1. The van der Waals surface area contributed by atoms with Gasteiger partial charge in [-0.3, -0.25) is 0 Å². The van der Waals surface area contributed by atoms with E-state index in [9.17, 15) is 8.42 Å². The van der Waals surface area contributed by atoms with Gasteiger partial charge in [-0.15, -0.1) is 0 Å². The Morgan fingerprint density at radius 1 is 1.14 bits per heavy atom. The zero-order chi connectivity index (χ0) is 19.9. The van der Waals surface area contributed by atoms with E-state index in [1.54, 1.807) is 23.5 Å². The summed E-state index contributed by atoms with van der Waals surface area (Å²) in [7, 11) is -1.95. The van der Waals surface area contributed by atoms with E-state index < -0.39 is 15.4 Å². The van der Waals surface area contributed by atoms with Crippen molar-refractivity contribution in [3.8, 4) is 5.75 Å². The molecule has 6 heteroatoms. The van der Waals surface area contributed by atoms with Crippen molar-refractivity contribution in [2.45, 2.75) is 29.7 Å². The van der Waals surface area contributed by atoms with Crippen LogP contribution in [0, 0.1) is 6.92 Å². The predicted octanol–water partition coefficient (Wildman–Crippen LogP) is 4.59. The highest BCUT2D eigenvalue weighted by molar-refractivity contribution is 9.10. The van der Waals surface area contributed by atoms with Gasteiger partial charge in [0.05, 0.1) is 22.5 Å². The lowest BCUT2D eigenvalue weighted by Crippen LogP contribution is -2.43. The molecule has 0 saturated carbocycles. The van der Waals surface area contributed by atoms with Crippen molar-refractivity contribution in [3.05, 3.63) is 82.4 Å². The molecule has 4 nitrogen and oxygen atoms in total. The number of fused-ring (bicyclic) bond motifs is 1. The predicted molar refractivity (Wildman–Crippen MR) is 114 cm³/mol. The number of rotatable bonds is 4. The molecule has 2 aromatic rings. The molecule has 2 atom stereocenters. The quantitative estimate of drug-likeness (QED) is 0.671. The molecule has 2 aliphatic rings. The molecular weight excluding hydrogens is 438 g/mol. The minimum absolute atomic E-state index is 0.269. The van der Waals surface area contributed by atoms with E-state index in [-0.39, 0.29) is 6.04 Å². The molecule has 0 N–H and O–H groups in total. The largest absolute Gasteiger partial charge is 0.496 e. The SMILES string of the molecule is COc1cc([C@]23C=CC=C[C@H]2N(S(=O)(=O)c2ccc(C)cc2)CC3)ccc1Br. The Morgan fingerprint density at radius 2 is 1.89 bits per heavy atom. The minimum Gasteiger partial charge on any atom is -0.496 e. The zero-order valence-corrected chi connectivity index (χ0v) is 18.2. The van der Waals surface area contributed by atoms with Crippen molar-refractivity contribution < 1.29 is 13.2 Å². The van der Waals surface area contributed by atoms with Crippen LogP contribution in [-0.2, 0) is 15.4 Å². The van der Waals surface area contributed by atoms with Crippen LogP contribution in [-0.4, -0.2) is 32.4 Å². The molecule has 0 bridgehead atoms. The van der Waals surface area contributed by atoms with E-state index in [1.165, 1.54) is 0 Å². The number of hydrogen-bond donors (Lipinski definition) is 0. The summed E-state index contributed by atoms with van der Waals surface area (Å²) < 4.78 is 34.8. The average Bonchev–Trinajstić information content (AvgIpc) is 3.10. The molecule has 1 heterocycles. The molecule has 1 fully saturated rings. The third kappa shape index (κ3) is 3.04.